The van der Waals surface area contributed by atoms with E-state index in [9.17, 15) is 8.42 Å². The number of aromatic nitrogens is 1. The monoisotopic (exact) mass is 319 g/mol. The zero-order chi connectivity index (χ0) is 16.2. The molecule has 1 aromatic heterocycles. The topological polar surface area (TPSA) is 71.1 Å². The maximum atomic E-state index is 11.7. The molecule has 118 valence electrons. The van der Waals surface area contributed by atoms with Crippen LogP contribution in [0.1, 0.15) is 24.5 Å². The van der Waals surface area contributed by atoms with Crippen LogP contribution < -0.4 is 10.0 Å². The Balaban J connectivity index is 2.07. The summed E-state index contributed by atoms with van der Waals surface area (Å²) >= 11 is 0. The molecule has 5 nitrogen and oxygen atoms in total. The van der Waals surface area contributed by atoms with Crippen molar-refractivity contribution in [3.63, 3.8) is 0 Å². The molecule has 0 aliphatic carbocycles. The SMILES string of the molecule is CCCS(=O)(=O)Nc1ccc(Nc2ccc(C)c(C)c2)nc1. The molecule has 0 atom stereocenters. The number of hydrogen-bond donors (Lipinski definition) is 2. The molecule has 0 amide bonds. The summed E-state index contributed by atoms with van der Waals surface area (Å²) in [5.41, 5.74) is 3.86. The highest BCUT2D eigenvalue weighted by atomic mass is 32.2. The van der Waals surface area contributed by atoms with Crippen LogP contribution in [0.3, 0.4) is 0 Å². The van der Waals surface area contributed by atoms with E-state index in [2.05, 4.69) is 34.9 Å². The maximum absolute atomic E-state index is 11.7. The number of pyridine rings is 1. The molecule has 1 heterocycles. The zero-order valence-electron chi connectivity index (χ0n) is 13.1. The lowest BCUT2D eigenvalue weighted by atomic mass is 10.1. The number of aryl methyl sites for hydroxylation is 2. The number of nitrogens with one attached hydrogen (secondary N) is 2. The van der Waals surface area contributed by atoms with Crippen LogP contribution in [0.2, 0.25) is 0 Å². The van der Waals surface area contributed by atoms with Crippen LogP contribution in [0, 0.1) is 13.8 Å². The molecule has 2 N–H and O–H groups in total. The van der Waals surface area contributed by atoms with Gasteiger partial charge in [-0.15, -0.1) is 0 Å². The Kier molecular flexibility index (Phi) is 5.03. The predicted octanol–water partition coefficient (Wildman–Crippen LogP) is 3.59. The van der Waals surface area contributed by atoms with Gasteiger partial charge in [0.15, 0.2) is 0 Å². The molecule has 0 aliphatic heterocycles. The number of benzene rings is 1. The lowest BCUT2D eigenvalue weighted by Gasteiger charge is -2.10. The van der Waals surface area contributed by atoms with Crippen LogP contribution in [-0.4, -0.2) is 19.2 Å². The molecule has 2 aromatic rings. The third-order valence-corrected chi connectivity index (χ3v) is 4.78. The molecule has 0 bridgehead atoms. The fourth-order valence-electron chi connectivity index (χ4n) is 1.99. The van der Waals surface area contributed by atoms with Crippen LogP contribution in [0.25, 0.3) is 0 Å². The standard InChI is InChI=1S/C16H21N3O2S/c1-4-9-22(20,21)19-15-7-8-16(17-11-15)18-14-6-5-12(2)13(3)10-14/h5-8,10-11,19H,4,9H2,1-3H3,(H,17,18). The molecule has 2 rings (SSSR count). The summed E-state index contributed by atoms with van der Waals surface area (Å²) in [4.78, 5) is 4.23. The first-order valence-corrected chi connectivity index (χ1v) is 8.85. The molecule has 0 saturated heterocycles. The van der Waals surface area contributed by atoms with E-state index in [1.165, 1.54) is 17.3 Å². The molecule has 0 aliphatic rings. The highest BCUT2D eigenvalue weighted by molar-refractivity contribution is 7.92. The van der Waals surface area contributed by atoms with Crippen molar-refractivity contribution in [3.8, 4) is 0 Å². The highest BCUT2D eigenvalue weighted by Crippen LogP contribution is 2.19. The Morgan fingerprint density at radius 2 is 1.77 bits per heavy atom. The maximum Gasteiger partial charge on any atom is 0.232 e. The predicted molar refractivity (Wildman–Crippen MR) is 91.1 cm³/mol. The molecular formula is C16H21N3O2S. The van der Waals surface area contributed by atoms with Gasteiger partial charge in [0.2, 0.25) is 10.0 Å². The summed E-state index contributed by atoms with van der Waals surface area (Å²) < 4.78 is 25.9. The lowest BCUT2D eigenvalue weighted by Crippen LogP contribution is -2.16. The summed E-state index contributed by atoms with van der Waals surface area (Å²) in [7, 11) is -3.28. The van der Waals surface area contributed by atoms with E-state index in [0.717, 1.165) is 5.69 Å². The molecule has 6 heteroatoms. The first-order valence-electron chi connectivity index (χ1n) is 7.20. The Morgan fingerprint density at radius 1 is 1.05 bits per heavy atom. The summed E-state index contributed by atoms with van der Waals surface area (Å²) in [6, 6.07) is 9.53. The van der Waals surface area contributed by atoms with E-state index >= 15 is 0 Å². The van der Waals surface area contributed by atoms with Gasteiger partial charge in [0.05, 0.1) is 17.6 Å². The van der Waals surface area contributed by atoms with E-state index < -0.39 is 10.0 Å². The second-order valence-corrected chi connectivity index (χ2v) is 7.12. The number of rotatable bonds is 6. The normalized spacial score (nSPS) is 11.2. The van der Waals surface area contributed by atoms with E-state index in [1.54, 1.807) is 12.1 Å². The van der Waals surface area contributed by atoms with Gasteiger partial charge in [-0.25, -0.2) is 13.4 Å². The summed E-state index contributed by atoms with van der Waals surface area (Å²) in [6.07, 6.45) is 2.09. The Hall–Kier alpha value is -2.08. The summed E-state index contributed by atoms with van der Waals surface area (Å²) in [5.74, 6) is 0.775. The number of anilines is 3. The molecule has 0 saturated carbocycles. The van der Waals surface area contributed by atoms with Gasteiger partial charge < -0.3 is 5.32 Å². The molecule has 0 unspecified atom stereocenters. The smallest absolute Gasteiger partial charge is 0.232 e. The van der Waals surface area contributed by atoms with Gasteiger partial charge in [-0.05, 0) is 55.7 Å². The fourth-order valence-corrected chi connectivity index (χ4v) is 3.11. The molecule has 0 spiro atoms. The van der Waals surface area contributed by atoms with Crippen LogP contribution in [0.5, 0.6) is 0 Å². The first kappa shape index (κ1) is 16.3. The second-order valence-electron chi connectivity index (χ2n) is 5.28. The summed E-state index contributed by atoms with van der Waals surface area (Å²) in [6.45, 7) is 5.95. The van der Waals surface area contributed by atoms with Gasteiger partial charge in [0, 0.05) is 5.69 Å². The average Bonchev–Trinajstić information content (AvgIpc) is 2.44. The Bertz CT molecular complexity index is 740. The molecular weight excluding hydrogens is 298 g/mol. The number of sulfonamides is 1. The van der Waals surface area contributed by atoms with Gasteiger partial charge >= 0.3 is 0 Å². The van der Waals surface area contributed by atoms with Crippen LogP contribution in [0.15, 0.2) is 36.5 Å². The van der Waals surface area contributed by atoms with E-state index in [1.807, 2.05) is 19.1 Å². The van der Waals surface area contributed by atoms with Gasteiger partial charge in [0.25, 0.3) is 0 Å². The minimum atomic E-state index is -3.28. The van der Waals surface area contributed by atoms with Crippen LogP contribution in [0.4, 0.5) is 17.2 Å². The van der Waals surface area contributed by atoms with Crippen molar-refractivity contribution >= 4 is 27.2 Å². The third kappa shape index (κ3) is 4.46. The quantitative estimate of drug-likeness (QED) is 0.853. The van der Waals surface area contributed by atoms with Crippen molar-refractivity contribution in [2.45, 2.75) is 27.2 Å². The van der Waals surface area contributed by atoms with E-state index in [4.69, 9.17) is 0 Å². The minimum Gasteiger partial charge on any atom is -0.340 e. The lowest BCUT2D eigenvalue weighted by molar-refractivity contribution is 0.600. The molecule has 0 fully saturated rings. The van der Waals surface area contributed by atoms with E-state index in [-0.39, 0.29) is 5.75 Å². The van der Waals surface area contributed by atoms with Gasteiger partial charge in [-0.1, -0.05) is 13.0 Å². The zero-order valence-corrected chi connectivity index (χ0v) is 13.9. The average molecular weight is 319 g/mol. The minimum absolute atomic E-state index is 0.107. The molecule has 0 radical (unpaired) electrons. The fraction of sp³-hybridized carbons (Fsp3) is 0.312. The van der Waals surface area contributed by atoms with E-state index in [0.29, 0.717) is 17.9 Å². The van der Waals surface area contributed by atoms with Gasteiger partial charge in [-0.2, -0.15) is 0 Å². The van der Waals surface area contributed by atoms with Crippen molar-refractivity contribution in [2.75, 3.05) is 15.8 Å². The van der Waals surface area contributed by atoms with Crippen molar-refractivity contribution < 1.29 is 8.42 Å². The largest absolute Gasteiger partial charge is 0.340 e. The third-order valence-electron chi connectivity index (χ3n) is 3.29. The number of hydrogen-bond acceptors (Lipinski definition) is 4. The van der Waals surface area contributed by atoms with Crippen molar-refractivity contribution in [2.24, 2.45) is 0 Å². The number of nitrogens with zero attached hydrogens (tertiary/aromatic N) is 1. The van der Waals surface area contributed by atoms with Crippen LogP contribution >= 0.6 is 0 Å². The van der Waals surface area contributed by atoms with Gasteiger partial charge in [-0.3, -0.25) is 4.72 Å². The first-order chi connectivity index (χ1) is 10.4. The van der Waals surface area contributed by atoms with Crippen molar-refractivity contribution in [1.82, 2.24) is 4.98 Å². The molecule has 1 aromatic carbocycles. The van der Waals surface area contributed by atoms with Crippen LogP contribution in [-0.2, 0) is 10.0 Å². The van der Waals surface area contributed by atoms with Crippen molar-refractivity contribution in [1.29, 1.82) is 0 Å². The second kappa shape index (κ2) is 6.79. The van der Waals surface area contributed by atoms with Crippen molar-refractivity contribution in [3.05, 3.63) is 47.7 Å². The Morgan fingerprint density at radius 3 is 2.36 bits per heavy atom. The highest BCUT2D eigenvalue weighted by Gasteiger charge is 2.08. The Labute approximate surface area is 131 Å². The summed E-state index contributed by atoms with van der Waals surface area (Å²) in [5, 5.41) is 3.20. The molecule has 22 heavy (non-hydrogen) atoms. The van der Waals surface area contributed by atoms with Gasteiger partial charge in [0.1, 0.15) is 5.82 Å².